The maximum atomic E-state index is 11.3. The molecule has 22 heavy (non-hydrogen) atoms. The van der Waals surface area contributed by atoms with Gasteiger partial charge in [0.05, 0.1) is 10.8 Å². The summed E-state index contributed by atoms with van der Waals surface area (Å²) in [7, 11) is 0. The maximum absolute atomic E-state index is 11.3. The van der Waals surface area contributed by atoms with E-state index in [1.807, 2.05) is 18.2 Å². The van der Waals surface area contributed by atoms with Crippen LogP contribution in [0.25, 0.3) is 10.3 Å². The van der Waals surface area contributed by atoms with E-state index in [9.17, 15) is 4.79 Å². The second-order valence-corrected chi connectivity index (χ2v) is 6.83. The zero-order valence-electron chi connectivity index (χ0n) is 13.0. The van der Waals surface area contributed by atoms with Crippen molar-refractivity contribution in [1.82, 2.24) is 0 Å². The monoisotopic (exact) mass is 318 g/mol. The molecule has 0 saturated heterocycles. The van der Waals surface area contributed by atoms with Gasteiger partial charge in [-0.1, -0.05) is 29.9 Å². The van der Waals surface area contributed by atoms with E-state index in [2.05, 4.69) is 13.0 Å². The van der Waals surface area contributed by atoms with Crippen molar-refractivity contribution in [2.45, 2.75) is 58.0 Å². The first-order chi connectivity index (χ1) is 10.7. The Bertz CT molecular complexity index is 710. The molecular formula is C18H22O3S. The minimum Gasteiger partial charge on any atom is -0.490 e. The molecule has 0 N–H and O–H groups in total. The number of rotatable bonds is 6. The van der Waals surface area contributed by atoms with Gasteiger partial charge in [-0.25, -0.2) is 4.79 Å². The molecule has 2 aromatic rings. The first-order valence-corrected chi connectivity index (χ1v) is 8.94. The number of benzene rings is 1. The number of hydrogen-bond donors (Lipinski definition) is 0. The molecule has 3 nitrogen and oxygen atoms in total. The van der Waals surface area contributed by atoms with Gasteiger partial charge in [0.15, 0.2) is 5.58 Å². The van der Waals surface area contributed by atoms with E-state index in [0.717, 1.165) is 41.0 Å². The van der Waals surface area contributed by atoms with E-state index in [1.165, 1.54) is 25.7 Å². The molecule has 118 valence electrons. The van der Waals surface area contributed by atoms with E-state index in [-0.39, 0.29) is 11.0 Å². The predicted molar refractivity (Wildman–Crippen MR) is 90.9 cm³/mol. The normalized spacial score (nSPS) is 16.5. The SMILES string of the molecule is CCC(CCC1=CCCCC1)Oc1ccc2sc(=O)oc2c1. The molecule has 1 heterocycles. The molecule has 0 fully saturated rings. The molecule has 1 aromatic heterocycles. The van der Waals surface area contributed by atoms with Crippen molar-refractivity contribution in [3.8, 4) is 5.75 Å². The van der Waals surface area contributed by atoms with Gasteiger partial charge >= 0.3 is 4.94 Å². The summed E-state index contributed by atoms with van der Waals surface area (Å²) in [6.07, 6.45) is 10.9. The van der Waals surface area contributed by atoms with Crippen LogP contribution in [0.3, 0.4) is 0 Å². The van der Waals surface area contributed by atoms with Gasteiger partial charge in [-0.15, -0.1) is 0 Å². The molecule has 0 spiro atoms. The largest absolute Gasteiger partial charge is 0.490 e. The first-order valence-electron chi connectivity index (χ1n) is 8.13. The first kappa shape index (κ1) is 15.3. The Morgan fingerprint density at radius 1 is 1.36 bits per heavy atom. The van der Waals surface area contributed by atoms with Crippen LogP contribution in [-0.2, 0) is 0 Å². The van der Waals surface area contributed by atoms with Gasteiger partial charge in [0.25, 0.3) is 0 Å². The number of hydrogen-bond acceptors (Lipinski definition) is 4. The average Bonchev–Trinajstić information content (AvgIpc) is 2.91. The van der Waals surface area contributed by atoms with E-state index in [4.69, 9.17) is 9.15 Å². The lowest BCUT2D eigenvalue weighted by molar-refractivity contribution is 0.186. The topological polar surface area (TPSA) is 39.4 Å². The van der Waals surface area contributed by atoms with Gasteiger partial charge in [0.2, 0.25) is 0 Å². The molecule has 3 rings (SSSR count). The summed E-state index contributed by atoms with van der Waals surface area (Å²) in [4.78, 5) is 11.0. The molecular weight excluding hydrogens is 296 g/mol. The van der Waals surface area contributed by atoms with Crippen molar-refractivity contribution < 1.29 is 9.15 Å². The standard InChI is InChI=1S/C18H22O3S/c1-2-14(9-8-13-6-4-3-5-7-13)20-15-10-11-17-16(12-15)21-18(19)22-17/h6,10-12,14H,2-5,7-9H2,1H3. The highest BCUT2D eigenvalue weighted by Gasteiger charge is 2.12. The Balaban J connectivity index is 1.62. The minimum atomic E-state index is -0.261. The smallest absolute Gasteiger partial charge is 0.396 e. The van der Waals surface area contributed by atoms with Crippen LogP contribution in [0.5, 0.6) is 5.75 Å². The van der Waals surface area contributed by atoms with Crippen molar-refractivity contribution in [1.29, 1.82) is 0 Å². The molecule has 1 aliphatic rings. The summed E-state index contributed by atoms with van der Waals surface area (Å²) in [6, 6.07) is 5.66. The summed E-state index contributed by atoms with van der Waals surface area (Å²) in [6.45, 7) is 2.16. The van der Waals surface area contributed by atoms with Crippen molar-refractivity contribution >= 4 is 21.6 Å². The van der Waals surface area contributed by atoms with Crippen molar-refractivity contribution in [3.05, 3.63) is 39.6 Å². The number of ether oxygens (including phenoxy) is 1. The van der Waals surface area contributed by atoms with Gasteiger partial charge in [0.1, 0.15) is 5.75 Å². The van der Waals surface area contributed by atoms with Crippen LogP contribution in [0.4, 0.5) is 0 Å². The van der Waals surface area contributed by atoms with Gasteiger partial charge in [-0.05, 0) is 57.1 Å². The van der Waals surface area contributed by atoms with Crippen LogP contribution in [0, 0.1) is 0 Å². The van der Waals surface area contributed by atoms with Crippen LogP contribution in [-0.4, -0.2) is 6.10 Å². The summed E-state index contributed by atoms with van der Waals surface area (Å²) in [5.74, 6) is 0.790. The van der Waals surface area contributed by atoms with E-state index >= 15 is 0 Å². The predicted octanol–water partition coefficient (Wildman–Crippen LogP) is 5.29. The lowest BCUT2D eigenvalue weighted by Crippen LogP contribution is -2.15. The quantitative estimate of drug-likeness (QED) is 0.679. The van der Waals surface area contributed by atoms with Gasteiger partial charge in [-0.3, -0.25) is 0 Å². The average molecular weight is 318 g/mol. The zero-order valence-corrected chi connectivity index (χ0v) is 13.8. The third kappa shape index (κ3) is 3.80. The highest BCUT2D eigenvalue weighted by Crippen LogP contribution is 2.26. The highest BCUT2D eigenvalue weighted by atomic mass is 32.1. The molecule has 4 heteroatoms. The Morgan fingerprint density at radius 2 is 2.27 bits per heavy atom. The number of fused-ring (bicyclic) bond motifs is 1. The summed E-state index contributed by atoms with van der Waals surface area (Å²) in [5, 5.41) is 0. The lowest BCUT2D eigenvalue weighted by Gasteiger charge is -2.19. The zero-order chi connectivity index (χ0) is 15.4. The van der Waals surface area contributed by atoms with Crippen LogP contribution in [0.1, 0.15) is 51.9 Å². The highest BCUT2D eigenvalue weighted by molar-refractivity contribution is 7.16. The summed E-state index contributed by atoms with van der Waals surface area (Å²) >= 11 is 1.13. The third-order valence-corrected chi connectivity index (χ3v) is 5.04. The Morgan fingerprint density at radius 3 is 3.05 bits per heavy atom. The minimum absolute atomic E-state index is 0.214. The number of allylic oxidation sites excluding steroid dienone is 2. The van der Waals surface area contributed by atoms with Crippen molar-refractivity contribution in [2.24, 2.45) is 0 Å². The van der Waals surface area contributed by atoms with Gasteiger partial charge < -0.3 is 9.15 Å². The van der Waals surface area contributed by atoms with Crippen LogP contribution < -0.4 is 9.68 Å². The molecule has 0 bridgehead atoms. The maximum Gasteiger partial charge on any atom is 0.396 e. The molecule has 0 amide bonds. The second kappa shape index (κ2) is 7.14. The third-order valence-electron chi connectivity index (χ3n) is 4.23. The Labute approximate surface area is 134 Å². The Kier molecular flexibility index (Phi) is 4.98. The van der Waals surface area contributed by atoms with E-state index in [1.54, 1.807) is 5.57 Å². The fourth-order valence-corrected chi connectivity index (χ4v) is 3.59. The molecule has 1 atom stereocenters. The fourth-order valence-electron chi connectivity index (χ4n) is 2.94. The summed E-state index contributed by atoms with van der Waals surface area (Å²) < 4.78 is 12.1. The van der Waals surface area contributed by atoms with Crippen LogP contribution in [0.2, 0.25) is 0 Å². The van der Waals surface area contributed by atoms with Crippen molar-refractivity contribution in [2.75, 3.05) is 0 Å². The van der Waals surface area contributed by atoms with Crippen molar-refractivity contribution in [3.63, 3.8) is 0 Å². The second-order valence-electron chi connectivity index (χ2n) is 5.86. The molecule has 1 unspecified atom stereocenters. The van der Waals surface area contributed by atoms with Gasteiger partial charge in [0, 0.05) is 6.07 Å². The molecule has 0 saturated carbocycles. The van der Waals surface area contributed by atoms with E-state index in [0.29, 0.717) is 5.58 Å². The molecule has 0 aliphatic heterocycles. The molecule has 1 aromatic carbocycles. The van der Waals surface area contributed by atoms with Crippen LogP contribution in [0.15, 0.2) is 39.1 Å². The molecule has 0 radical (unpaired) electrons. The van der Waals surface area contributed by atoms with Gasteiger partial charge in [-0.2, -0.15) is 0 Å². The summed E-state index contributed by atoms with van der Waals surface area (Å²) in [5.41, 5.74) is 2.21. The van der Waals surface area contributed by atoms with E-state index < -0.39 is 0 Å². The lowest BCUT2D eigenvalue weighted by atomic mass is 9.94. The fraction of sp³-hybridized carbons (Fsp3) is 0.500. The molecule has 1 aliphatic carbocycles. The van der Waals surface area contributed by atoms with Crippen LogP contribution >= 0.6 is 11.3 Å². The Hall–Kier alpha value is -1.55.